The molecule has 0 aliphatic heterocycles. The van der Waals surface area contributed by atoms with Crippen LogP contribution in [0, 0.1) is 0 Å². The van der Waals surface area contributed by atoms with E-state index in [1.165, 1.54) is 6.20 Å². The van der Waals surface area contributed by atoms with Crippen molar-refractivity contribution in [2.24, 2.45) is 0 Å². The van der Waals surface area contributed by atoms with Gasteiger partial charge in [-0.2, -0.15) is 9.61 Å². The second kappa shape index (κ2) is 2.31. The predicted octanol–water partition coefficient (Wildman–Crippen LogP) is -0.527. The minimum Gasteiger partial charge on any atom is -0.266 e. The highest BCUT2D eigenvalue weighted by Gasteiger charge is 2.06. The highest BCUT2D eigenvalue weighted by atomic mass is 79.9. The Balaban J connectivity index is 3.20. The van der Waals surface area contributed by atoms with Crippen LogP contribution in [0.15, 0.2) is 20.3 Å². The average molecular weight is 231 g/mol. The summed E-state index contributed by atoms with van der Waals surface area (Å²) in [4.78, 5) is 22.1. The van der Waals surface area contributed by atoms with E-state index >= 15 is 0 Å². The molecule has 12 heavy (non-hydrogen) atoms. The molecule has 2 aromatic heterocycles. The van der Waals surface area contributed by atoms with Crippen molar-refractivity contribution in [3.8, 4) is 0 Å². The van der Waals surface area contributed by atoms with Crippen LogP contribution in [0.2, 0.25) is 0 Å². The van der Waals surface area contributed by atoms with E-state index in [1.54, 1.807) is 0 Å². The molecule has 0 bridgehead atoms. The van der Waals surface area contributed by atoms with E-state index in [2.05, 4.69) is 31.2 Å². The van der Waals surface area contributed by atoms with E-state index in [0.717, 1.165) is 4.52 Å². The van der Waals surface area contributed by atoms with Crippen LogP contribution in [0.4, 0.5) is 0 Å². The first kappa shape index (κ1) is 7.29. The smallest absolute Gasteiger partial charge is 0.266 e. The molecule has 0 aromatic carbocycles. The van der Waals surface area contributed by atoms with Gasteiger partial charge in [0.15, 0.2) is 5.52 Å². The third kappa shape index (κ3) is 0.828. The Kier molecular flexibility index (Phi) is 1.40. The number of fused-ring (bicyclic) bond motifs is 1. The summed E-state index contributed by atoms with van der Waals surface area (Å²) in [7, 11) is 0. The molecule has 0 aliphatic rings. The molecule has 0 atom stereocenters. The number of rotatable bonds is 0. The van der Waals surface area contributed by atoms with E-state index in [-0.39, 0.29) is 11.1 Å². The quantitative estimate of drug-likeness (QED) is 0.639. The van der Waals surface area contributed by atoms with Gasteiger partial charge >= 0.3 is 5.69 Å². The second-order valence-electron chi connectivity index (χ2n) is 2.14. The lowest BCUT2D eigenvalue weighted by molar-refractivity contribution is 0.795. The molecule has 7 heteroatoms. The van der Waals surface area contributed by atoms with Gasteiger partial charge in [-0.15, -0.1) is 0 Å². The SMILES string of the molecule is O=c1[nH][nH]c(=O)n2ncc(Br)c12. The van der Waals surface area contributed by atoms with Crippen LogP contribution in [-0.4, -0.2) is 19.8 Å². The van der Waals surface area contributed by atoms with Crippen LogP contribution in [0.5, 0.6) is 0 Å². The van der Waals surface area contributed by atoms with Gasteiger partial charge in [-0.1, -0.05) is 0 Å². The maximum Gasteiger partial charge on any atom is 0.361 e. The molecule has 0 unspecified atom stereocenters. The first-order valence-electron chi connectivity index (χ1n) is 3.04. The van der Waals surface area contributed by atoms with Gasteiger partial charge in [0.05, 0.1) is 10.7 Å². The fourth-order valence-electron chi connectivity index (χ4n) is 0.909. The minimum absolute atomic E-state index is 0.207. The van der Waals surface area contributed by atoms with E-state index in [4.69, 9.17) is 0 Å². The summed E-state index contributed by atoms with van der Waals surface area (Å²) in [6, 6.07) is 0. The number of aromatic amines is 2. The molecule has 2 aromatic rings. The van der Waals surface area contributed by atoms with Crippen LogP contribution in [-0.2, 0) is 0 Å². The lowest BCUT2D eigenvalue weighted by Gasteiger charge is -1.88. The number of hydrogen-bond acceptors (Lipinski definition) is 3. The molecule has 0 amide bonds. The zero-order chi connectivity index (χ0) is 8.72. The monoisotopic (exact) mass is 230 g/mol. The van der Waals surface area contributed by atoms with Crippen LogP contribution in [0.25, 0.3) is 5.52 Å². The van der Waals surface area contributed by atoms with E-state index in [1.807, 2.05) is 0 Å². The van der Waals surface area contributed by atoms with Gasteiger partial charge in [-0.05, 0) is 15.9 Å². The molecule has 2 rings (SSSR count). The fourth-order valence-corrected chi connectivity index (χ4v) is 1.35. The van der Waals surface area contributed by atoms with Crippen molar-refractivity contribution in [3.05, 3.63) is 31.5 Å². The molecular weight excluding hydrogens is 228 g/mol. The Morgan fingerprint density at radius 1 is 1.42 bits per heavy atom. The van der Waals surface area contributed by atoms with Crippen molar-refractivity contribution < 1.29 is 0 Å². The Morgan fingerprint density at radius 2 is 2.17 bits per heavy atom. The summed E-state index contributed by atoms with van der Waals surface area (Å²) in [6.07, 6.45) is 1.39. The lowest BCUT2D eigenvalue weighted by Crippen LogP contribution is -2.26. The summed E-state index contributed by atoms with van der Waals surface area (Å²) in [5.41, 5.74) is -0.659. The Labute approximate surface area is 73.3 Å². The van der Waals surface area contributed by atoms with Crippen LogP contribution < -0.4 is 11.2 Å². The van der Waals surface area contributed by atoms with Gasteiger partial charge in [-0.25, -0.2) is 9.89 Å². The van der Waals surface area contributed by atoms with Crippen molar-refractivity contribution >= 4 is 21.4 Å². The minimum atomic E-state index is -0.477. The normalized spacial score (nSPS) is 10.8. The van der Waals surface area contributed by atoms with Crippen molar-refractivity contribution in [3.63, 3.8) is 0 Å². The molecule has 62 valence electrons. The topological polar surface area (TPSA) is 83.0 Å². The number of H-pyrrole nitrogens is 2. The van der Waals surface area contributed by atoms with Crippen LogP contribution >= 0.6 is 15.9 Å². The Hall–Kier alpha value is -1.37. The summed E-state index contributed by atoms with van der Waals surface area (Å²) in [5, 5.41) is 8.01. The van der Waals surface area contributed by atoms with Crippen LogP contribution in [0.3, 0.4) is 0 Å². The van der Waals surface area contributed by atoms with Crippen molar-refractivity contribution in [1.82, 2.24) is 19.8 Å². The van der Waals surface area contributed by atoms with Crippen molar-refractivity contribution in [1.29, 1.82) is 0 Å². The highest BCUT2D eigenvalue weighted by Crippen LogP contribution is 2.10. The molecule has 0 spiro atoms. The van der Waals surface area contributed by atoms with Gasteiger partial charge in [0.1, 0.15) is 0 Å². The maximum absolute atomic E-state index is 11.1. The molecule has 2 heterocycles. The van der Waals surface area contributed by atoms with E-state index < -0.39 is 5.69 Å². The molecule has 0 saturated heterocycles. The first-order chi connectivity index (χ1) is 5.70. The maximum atomic E-state index is 11.1. The summed E-state index contributed by atoms with van der Waals surface area (Å²) >= 11 is 3.10. The van der Waals surface area contributed by atoms with E-state index in [9.17, 15) is 9.59 Å². The van der Waals surface area contributed by atoms with E-state index in [0.29, 0.717) is 4.47 Å². The number of halogens is 1. The number of hydrogen-bond donors (Lipinski definition) is 2. The number of nitrogens with zero attached hydrogens (tertiary/aromatic N) is 2. The fraction of sp³-hybridized carbons (Fsp3) is 0. The molecule has 2 N–H and O–H groups in total. The summed E-state index contributed by atoms with van der Waals surface area (Å²) in [5.74, 6) is 0. The average Bonchev–Trinajstić information content (AvgIpc) is 2.42. The predicted molar refractivity (Wildman–Crippen MR) is 44.1 cm³/mol. The van der Waals surface area contributed by atoms with Crippen LogP contribution in [0.1, 0.15) is 0 Å². The molecule has 6 nitrogen and oxygen atoms in total. The summed E-state index contributed by atoms with van der Waals surface area (Å²) < 4.78 is 1.48. The lowest BCUT2D eigenvalue weighted by atomic mass is 10.5. The van der Waals surface area contributed by atoms with Gasteiger partial charge in [0.2, 0.25) is 0 Å². The molecule has 0 aliphatic carbocycles. The summed E-state index contributed by atoms with van der Waals surface area (Å²) in [6.45, 7) is 0. The third-order valence-electron chi connectivity index (χ3n) is 1.41. The molecule has 0 radical (unpaired) electrons. The number of aromatic nitrogens is 4. The molecule has 0 saturated carbocycles. The van der Waals surface area contributed by atoms with Gasteiger partial charge in [0, 0.05) is 0 Å². The second-order valence-corrected chi connectivity index (χ2v) is 2.99. The third-order valence-corrected chi connectivity index (χ3v) is 2.00. The highest BCUT2D eigenvalue weighted by molar-refractivity contribution is 9.10. The molecular formula is C5H3BrN4O2. The van der Waals surface area contributed by atoms with Crippen molar-refractivity contribution in [2.75, 3.05) is 0 Å². The largest absolute Gasteiger partial charge is 0.361 e. The number of nitrogens with one attached hydrogen (secondary N) is 2. The Morgan fingerprint density at radius 3 is 2.83 bits per heavy atom. The molecule has 0 fully saturated rings. The Bertz CT molecular complexity index is 536. The van der Waals surface area contributed by atoms with Gasteiger partial charge in [0.25, 0.3) is 5.56 Å². The zero-order valence-corrected chi connectivity index (χ0v) is 7.25. The zero-order valence-electron chi connectivity index (χ0n) is 5.67. The van der Waals surface area contributed by atoms with Gasteiger partial charge < -0.3 is 0 Å². The standard InChI is InChI=1S/C5H3BrN4O2/c6-2-1-7-10-3(2)4(11)8-9-5(10)12/h1H,(H,8,11)(H,9,12). The van der Waals surface area contributed by atoms with Gasteiger partial charge in [-0.3, -0.25) is 9.89 Å². The first-order valence-corrected chi connectivity index (χ1v) is 3.83. The van der Waals surface area contributed by atoms with Crippen molar-refractivity contribution in [2.45, 2.75) is 0 Å².